The number of hydrogen-bond acceptors (Lipinski definition) is 1. The molecule has 98 valence electrons. The maximum atomic E-state index is 11.0. The summed E-state index contributed by atoms with van der Waals surface area (Å²) in [5.74, 6) is 0.292. The second-order valence-electron chi connectivity index (χ2n) is 5.31. The van der Waals surface area contributed by atoms with Gasteiger partial charge in [0.25, 0.3) is 0 Å². The summed E-state index contributed by atoms with van der Waals surface area (Å²) in [6.45, 7) is 6.15. The fourth-order valence-corrected chi connectivity index (χ4v) is 1.98. The molecule has 1 heteroatoms. The summed E-state index contributed by atoms with van der Waals surface area (Å²) in [5.41, 5.74) is 1.44. The van der Waals surface area contributed by atoms with Crippen molar-refractivity contribution in [2.75, 3.05) is 0 Å². The average Bonchev–Trinajstić information content (AvgIpc) is 2.37. The van der Waals surface area contributed by atoms with Gasteiger partial charge in [0.05, 0.1) is 0 Å². The molecule has 0 aromatic heterocycles. The van der Waals surface area contributed by atoms with Gasteiger partial charge in [0.15, 0.2) is 0 Å². The van der Waals surface area contributed by atoms with Gasteiger partial charge >= 0.3 is 0 Å². The van der Waals surface area contributed by atoms with Crippen LogP contribution in [0.5, 0.6) is 0 Å². The van der Waals surface area contributed by atoms with E-state index < -0.39 is 0 Å². The molecule has 1 aromatic rings. The van der Waals surface area contributed by atoms with Crippen LogP contribution >= 0.6 is 0 Å². The van der Waals surface area contributed by atoms with Crippen molar-refractivity contribution in [1.29, 1.82) is 0 Å². The van der Waals surface area contributed by atoms with Crippen LogP contribution < -0.4 is 0 Å². The van der Waals surface area contributed by atoms with Gasteiger partial charge in [-0.25, -0.2) is 0 Å². The first-order valence-corrected chi connectivity index (χ1v) is 6.79. The summed E-state index contributed by atoms with van der Waals surface area (Å²) in [5, 5.41) is 0. The van der Waals surface area contributed by atoms with Gasteiger partial charge in [-0.15, -0.1) is 0 Å². The largest absolute Gasteiger partial charge is 0.300 e. The third-order valence-electron chi connectivity index (χ3n) is 3.56. The molecule has 0 radical (unpaired) electrons. The van der Waals surface area contributed by atoms with E-state index in [-0.39, 0.29) is 5.41 Å². The first kappa shape index (κ1) is 14.7. The predicted molar refractivity (Wildman–Crippen MR) is 78.4 cm³/mol. The number of benzene rings is 1. The number of carbonyl (C=O) groups is 1. The molecule has 0 unspecified atom stereocenters. The Labute approximate surface area is 111 Å². The summed E-state index contributed by atoms with van der Waals surface area (Å²) in [7, 11) is 0. The first-order chi connectivity index (χ1) is 8.56. The van der Waals surface area contributed by atoms with Gasteiger partial charge in [-0.05, 0) is 37.2 Å². The molecule has 1 aromatic carbocycles. The van der Waals surface area contributed by atoms with Crippen LogP contribution in [0, 0.1) is 5.41 Å². The van der Waals surface area contributed by atoms with Crippen LogP contribution in [0.15, 0.2) is 36.4 Å². The summed E-state index contributed by atoms with van der Waals surface area (Å²) in [4.78, 5) is 11.0. The molecule has 0 amide bonds. The maximum Gasteiger partial charge on any atom is 0.129 e. The molecule has 0 aliphatic rings. The minimum atomic E-state index is 0.200. The Morgan fingerprint density at radius 3 is 2.50 bits per heavy atom. The van der Waals surface area contributed by atoms with Gasteiger partial charge in [-0.2, -0.15) is 0 Å². The van der Waals surface area contributed by atoms with Crippen LogP contribution in [0.1, 0.15) is 52.0 Å². The van der Waals surface area contributed by atoms with E-state index in [4.69, 9.17) is 0 Å². The van der Waals surface area contributed by atoms with Gasteiger partial charge in [0, 0.05) is 6.42 Å². The highest BCUT2D eigenvalue weighted by atomic mass is 16.1. The Bertz CT molecular complexity index is 391. The molecule has 0 bridgehead atoms. The number of carbonyl (C=O) groups excluding carboxylic acids is 1. The molecule has 0 saturated heterocycles. The molecule has 0 heterocycles. The zero-order chi connectivity index (χ0) is 13.4. The lowest BCUT2D eigenvalue weighted by Crippen LogP contribution is -2.12. The third kappa shape index (κ3) is 5.31. The van der Waals surface area contributed by atoms with Gasteiger partial charge < -0.3 is 4.79 Å². The minimum Gasteiger partial charge on any atom is -0.300 e. The molecule has 0 aliphatic heterocycles. The second kappa shape index (κ2) is 7.15. The second-order valence-corrected chi connectivity index (χ2v) is 5.31. The van der Waals surface area contributed by atoms with Gasteiger partial charge in [0.2, 0.25) is 0 Å². The highest BCUT2D eigenvalue weighted by Gasteiger charge is 2.17. The van der Waals surface area contributed by atoms with Crippen LogP contribution in [0.3, 0.4) is 0 Å². The fraction of sp³-hybridized carbons (Fsp3) is 0.471. The minimum absolute atomic E-state index is 0.200. The molecule has 0 N–H and O–H groups in total. The maximum absolute atomic E-state index is 11.0. The normalized spacial score (nSPS) is 14.6. The first-order valence-electron chi connectivity index (χ1n) is 6.79. The van der Waals surface area contributed by atoms with Crippen molar-refractivity contribution < 1.29 is 4.79 Å². The average molecular weight is 244 g/mol. The van der Waals surface area contributed by atoms with Crippen LogP contribution in [0.25, 0.3) is 6.08 Å². The standard InChI is InChI=1S/C17H24O/c1-4-17(3,13-8-9-15(2)18)14-12-16-10-6-5-7-11-16/h5-7,10-12,14H,4,8-9,13H2,1-3H3/b14-12+/t17-/m1/s1. The Morgan fingerprint density at radius 2 is 1.94 bits per heavy atom. The summed E-state index contributed by atoms with van der Waals surface area (Å²) in [6.07, 6.45) is 8.36. The van der Waals surface area contributed by atoms with Crippen molar-refractivity contribution in [2.24, 2.45) is 5.41 Å². The number of Topliss-reactive ketones (excluding diaryl/α,β-unsaturated/α-hetero) is 1. The van der Waals surface area contributed by atoms with Crippen molar-refractivity contribution in [1.82, 2.24) is 0 Å². The Kier molecular flexibility index (Phi) is 5.84. The van der Waals surface area contributed by atoms with Crippen molar-refractivity contribution in [2.45, 2.75) is 46.5 Å². The van der Waals surface area contributed by atoms with Crippen LogP contribution in [-0.4, -0.2) is 5.78 Å². The highest BCUT2D eigenvalue weighted by molar-refractivity contribution is 5.75. The van der Waals surface area contributed by atoms with E-state index >= 15 is 0 Å². The Hall–Kier alpha value is -1.37. The highest BCUT2D eigenvalue weighted by Crippen LogP contribution is 2.30. The summed E-state index contributed by atoms with van der Waals surface area (Å²) in [6, 6.07) is 10.4. The zero-order valence-corrected chi connectivity index (χ0v) is 11.8. The molecule has 0 aliphatic carbocycles. The van der Waals surface area contributed by atoms with E-state index in [1.165, 1.54) is 5.56 Å². The molecule has 18 heavy (non-hydrogen) atoms. The van der Waals surface area contributed by atoms with Gasteiger partial charge in [-0.1, -0.05) is 56.3 Å². The summed E-state index contributed by atoms with van der Waals surface area (Å²) < 4.78 is 0. The van der Waals surface area contributed by atoms with Crippen LogP contribution in [0.4, 0.5) is 0 Å². The van der Waals surface area contributed by atoms with Crippen molar-refractivity contribution in [3.05, 3.63) is 42.0 Å². The quantitative estimate of drug-likeness (QED) is 0.668. The van der Waals surface area contributed by atoms with E-state index in [1.54, 1.807) is 6.92 Å². The van der Waals surface area contributed by atoms with E-state index in [0.717, 1.165) is 19.3 Å². The molecule has 0 spiro atoms. The lowest BCUT2D eigenvalue weighted by Gasteiger charge is -2.24. The Balaban J connectivity index is 2.59. The Morgan fingerprint density at radius 1 is 1.28 bits per heavy atom. The smallest absolute Gasteiger partial charge is 0.129 e. The van der Waals surface area contributed by atoms with Crippen molar-refractivity contribution in [3.63, 3.8) is 0 Å². The topological polar surface area (TPSA) is 17.1 Å². The number of hydrogen-bond donors (Lipinski definition) is 0. The van der Waals surface area contributed by atoms with Crippen molar-refractivity contribution >= 4 is 11.9 Å². The van der Waals surface area contributed by atoms with Crippen molar-refractivity contribution in [3.8, 4) is 0 Å². The third-order valence-corrected chi connectivity index (χ3v) is 3.56. The fourth-order valence-electron chi connectivity index (χ4n) is 1.98. The molecular formula is C17H24O. The molecule has 0 fully saturated rings. The molecule has 1 rings (SSSR count). The van der Waals surface area contributed by atoms with E-state index in [1.807, 2.05) is 6.07 Å². The number of allylic oxidation sites excluding steroid dienone is 1. The van der Waals surface area contributed by atoms with Crippen LogP contribution in [-0.2, 0) is 4.79 Å². The molecule has 1 atom stereocenters. The van der Waals surface area contributed by atoms with Gasteiger partial charge in [0.1, 0.15) is 5.78 Å². The molecular weight excluding hydrogens is 220 g/mol. The van der Waals surface area contributed by atoms with Gasteiger partial charge in [-0.3, -0.25) is 0 Å². The summed E-state index contributed by atoms with van der Waals surface area (Å²) >= 11 is 0. The predicted octanol–water partition coefficient (Wildman–Crippen LogP) is 4.88. The van der Waals surface area contributed by atoms with E-state index in [0.29, 0.717) is 12.2 Å². The molecule has 1 nitrogen and oxygen atoms in total. The van der Waals surface area contributed by atoms with E-state index in [9.17, 15) is 4.79 Å². The van der Waals surface area contributed by atoms with Crippen LogP contribution in [0.2, 0.25) is 0 Å². The monoisotopic (exact) mass is 244 g/mol. The lowest BCUT2D eigenvalue weighted by atomic mass is 9.81. The SMILES string of the molecule is CC[C@@](C)(/C=C/c1ccccc1)CCCC(C)=O. The number of ketones is 1. The number of rotatable bonds is 7. The molecule has 0 saturated carbocycles. The zero-order valence-electron chi connectivity index (χ0n) is 11.8. The van der Waals surface area contributed by atoms with E-state index in [2.05, 4.69) is 50.3 Å². The lowest BCUT2D eigenvalue weighted by molar-refractivity contribution is -0.117.